The monoisotopic (exact) mass is 268 g/mol. The molecule has 0 bridgehead atoms. The van der Waals surface area contributed by atoms with E-state index in [1.54, 1.807) is 12.4 Å². The molecule has 1 atom stereocenters. The molecule has 0 saturated carbocycles. The average Bonchev–Trinajstić information content (AvgIpc) is 2.82. The van der Waals surface area contributed by atoms with Crippen LogP contribution in [-0.4, -0.2) is 20.0 Å². The maximum absolute atomic E-state index is 5.67. The van der Waals surface area contributed by atoms with E-state index in [4.69, 9.17) is 5.84 Å². The Morgan fingerprint density at radius 1 is 1.25 bits per heavy atom. The van der Waals surface area contributed by atoms with Gasteiger partial charge in [0.15, 0.2) is 0 Å². The van der Waals surface area contributed by atoms with Gasteiger partial charge in [-0.3, -0.25) is 16.0 Å². The summed E-state index contributed by atoms with van der Waals surface area (Å²) in [7, 11) is 1.95. The molecule has 20 heavy (non-hydrogen) atoms. The predicted octanol–water partition coefficient (Wildman–Crippen LogP) is 1.11. The third-order valence-electron chi connectivity index (χ3n) is 3.44. The zero-order chi connectivity index (χ0) is 13.9. The summed E-state index contributed by atoms with van der Waals surface area (Å²) in [6, 6.07) is 10.0. The van der Waals surface area contributed by atoms with Gasteiger partial charge in [0.05, 0.1) is 23.4 Å². The molecular formula is C14H16N6. The van der Waals surface area contributed by atoms with Crippen LogP contribution in [0.2, 0.25) is 0 Å². The summed E-state index contributed by atoms with van der Waals surface area (Å²) >= 11 is 0. The van der Waals surface area contributed by atoms with Crippen LogP contribution in [0.5, 0.6) is 0 Å². The van der Waals surface area contributed by atoms with Crippen molar-refractivity contribution in [3.63, 3.8) is 0 Å². The van der Waals surface area contributed by atoms with Crippen LogP contribution in [-0.2, 0) is 13.5 Å². The van der Waals surface area contributed by atoms with E-state index in [2.05, 4.69) is 32.9 Å². The van der Waals surface area contributed by atoms with E-state index in [9.17, 15) is 0 Å². The van der Waals surface area contributed by atoms with Crippen molar-refractivity contribution in [2.75, 3.05) is 0 Å². The fourth-order valence-electron chi connectivity index (χ4n) is 2.41. The Morgan fingerprint density at radius 3 is 2.85 bits per heavy atom. The zero-order valence-corrected chi connectivity index (χ0v) is 11.2. The lowest BCUT2D eigenvalue weighted by atomic mass is 10.0. The highest BCUT2D eigenvalue weighted by Crippen LogP contribution is 2.22. The van der Waals surface area contributed by atoms with Gasteiger partial charge in [0.1, 0.15) is 0 Å². The molecule has 2 heterocycles. The number of para-hydroxylation sites is 1. The minimum absolute atomic E-state index is 0.0381. The van der Waals surface area contributed by atoms with Gasteiger partial charge < -0.3 is 0 Å². The number of nitrogens with one attached hydrogen (secondary N) is 1. The summed E-state index contributed by atoms with van der Waals surface area (Å²) in [6.07, 6.45) is 4.08. The normalized spacial score (nSPS) is 12.7. The number of hydrogen-bond acceptors (Lipinski definition) is 5. The molecule has 0 aliphatic heterocycles. The summed E-state index contributed by atoms with van der Waals surface area (Å²) in [4.78, 5) is 0. The van der Waals surface area contributed by atoms with Crippen LogP contribution in [0.15, 0.2) is 42.7 Å². The van der Waals surface area contributed by atoms with E-state index in [0.717, 1.165) is 22.2 Å². The van der Waals surface area contributed by atoms with Gasteiger partial charge in [-0.25, -0.2) is 0 Å². The van der Waals surface area contributed by atoms with Crippen LogP contribution < -0.4 is 11.3 Å². The van der Waals surface area contributed by atoms with Gasteiger partial charge in [0, 0.05) is 25.1 Å². The van der Waals surface area contributed by atoms with Gasteiger partial charge in [-0.05, 0) is 17.7 Å². The quantitative estimate of drug-likeness (QED) is 0.547. The first-order valence-corrected chi connectivity index (χ1v) is 6.43. The largest absolute Gasteiger partial charge is 0.271 e. The first-order valence-electron chi connectivity index (χ1n) is 6.43. The molecule has 0 radical (unpaired) electrons. The maximum atomic E-state index is 5.67. The van der Waals surface area contributed by atoms with Crippen molar-refractivity contribution in [3.05, 3.63) is 54.0 Å². The average molecular weight is 268 g/mol. The lowest BCUT2D eigenvalue weighted by Crippen LogP contribution is -2.29. The minimum Gasteiger partial charge on any atom is -0.271 e. The van der Waals surface area contributed by atoms with Crippen LogP contribution in [0.25, 0.3) is 10.9 Å². The van der Waals surface area contributed by atoms with E-state index < -0.39 is 0 Å². The summed E-state index contributed by atoms with van der Waals surface area (Å²) in [5.74, 6) is 5.67. The van der Waals surface area contributed by atoms with Crippen molar-refractivity contribution < 1.29 is 0 Å². The van der Waals surface area contributed by atoms with Crippen molar-refractivity contribution >= 4 is 10.9 Å². The lowest BCUT2D eigenvalue weighted by molar-refractivity contribution is 0.540. The molecule has 2 aromatic heterocycles. The number of benzene rings is 1. The molecule has 3 rings (SSSR count). The number of nitrogens with zero attached hydrogens (tertiary/aromatic N) is 4. The molecule has 6 heteroatoms. The van der Waals surface area contributed by atoms with Gasteiger partial charge in [-0.15, -0.1) is 0 Å². The standard InChI is InChI=1S/C14H16N6/c1-20-14-5-3-2-4-11(14)13(19-20)8-12(18-15)10-6-7-16-17-9-10/h2-7,9,12,18H,8,15H2,1H3. The molecule has 0 amide bonds. The molecule has 3 aromatic rings. The second kappa shape index (κ2) is 5.36. The number of aromatic nitrogens is 4. The molecule has 0 saturated heterocycles. The van der Waals surface area contributed by atoms with Gasteiger partial charge >= 0.3 is 0 Å². The van der Waals surface area contributed by atoms with Crippen LogP contribution >= 0.6 is 0 Å². The van der Waals surface area contributed by atoms with Gasteiger partial charge in [-0.1, -0.05) is 18.2 Å². The number of hydrogen-bond donors (Lipinski definition) is 2. The third kappa shape index (κ3) is 2.26. The van der Waals surface area contributed by atoms with E-state index in [1.807, 2.05) is 29.9 Å². The van der Waals surface area contributed by atoms with Crippen LogP contribution in [0, 0.1) is 0 Å². The Morgan fingerprint density at radius 2 is 2.10 bits per heavy atom. The number of aryl methyl sites for hydroxylation is 1. The number of rotatable bonds is 4. The Bertz CT molecular complexity index is 706. The number of hydrazine groups is 1. The predicted molar refractivity (Wildman–Crippen MR) is 76.5 cm³/mol. The van der Waals surface area contributed by atoms with Crippen molar-refractivity contribution in [2.24, 2.45) is 12.9 Å². The van der Waals surface area contributed by atoms with E-state index >= 15 is 0 Å². The smallest absolute Gasteiger partial charge is 0.0722 e. The molecule has 0 fully saturated rings. The topological polar surface area (TPSA) is 81.7 Å². The first kappa shape index (κ1) is 12.7. The Labute approximate surface area is 116 Å². The van der Waals surface area contributed by atoms with E-state index in [1.165, 1.54) is 0 Å². The van der Waals surface area contributed by atoms with E-state index in [-0.39, 0.29) is 6.04 Å². The SMILES string of the molecule is Cn1nc(CC(NN)c2ccnnc2)c2ccccc21. The Kier molecular flexibility index (Phi) is 3.41. The minimum atomic E-state index is -0.0381. The van der Waals surface area contributed by atoms with Crippen molar-refractivity contribution in [2.45, 2.75) is 12.5 Å². The third-order valence-corrected chi connectivity index (χ3v) is 3.44. The van der Waals surface area contributed by atoms with Crippen molar-refractivity contribution in [1.82, 2.24) is 25.4 Å². The second-order valence-electron chi connectivity index (χ2n) is 4.69. The Balaban J connectivity index is 1.96. The molecular weight excluding hydrogens is 252 g/mol. The molecule has 102 valence electrons. The molecule has 0 aliphatic carbocycles. The second-order valence-corrected chi connectivity index (χ2v) is 4.69. The van der Waals surface area contributed by atoms with E-state index in [0.29, 0.717) is 6.42 Å². The van der Waals surface area contributed by atoms with Crippen LogP contribution in [0.1, 0.15) is 17.3 Å². The number of fused-ring (bicyclic) bond motifs is 1. The molecule has 3 N–H and O–H groups in total. The molecule has 1 unspecified atom stereocenters. The fraction of sp³-hybridized carbons (Fsp3) is 0.214. The molecule has 0 spiro atoms. The summed E-state index contributed by atoms with van der Waals surface area (Å²) in [5, 5.41) is 13.4. The van der Waals surface area contributed by atoms with Crippen LogP contribution in [0.4, 0.5) is 0 Å². The molecule has 0 aliphatic rings. The summed E-state index contributed by atoms with van der Waals surface area (Å²) < 4.78 is 1.89. The van der Waals surface area contributed by atoms with Crippen molar-refractivity contribution in [1.29, 1.82) is 0 Å². The first-order chi connectivity index (χ1) is 9.79. The maximum Gasteiger partial charge on any atom is 0.0722 e. The fourth-order valence-corrected chi connectivity index (χ4v) is 2.41. The highest BCUT2D eigenvalue weighted by atomic mass is 15.3. The van der Waals surface area contributed by atoms with Crippen molar-refractivity contribution in [3.8, 4) is 0 Å². The summed E-state index contributed by atoms with van der Waals surface area (Å²) in [5.41, 5.74) is 5.95. The lowest BCUT2D eigenvalue weighted by Gasteiger charge is -2.14. The number of nitrogens with two attached hydrogens (primary N) is 1. The molecule has 1 aromatic carbocycles. The Hall–Kier alpha value is -2.31. The van der Waals surface area contributed by atoms with Gasteiger partial charge in [0.2, 0.25) is 0 Å². The van der Waals surface area contributed by atoms with Gasteiger partial charge in [-0.2, -0.15) is 15.3 Å². The van der Waals surface area contributed by atoms with Gasteiger partial charge in [0.25, 0.3) is 0 Å². The highest BCUT2D eigenvalue weighted by Gasteiger charge is 2.15. The molecule has 6 nitrogen and oxygen atoms in total. The summed E-state index contributed by atoms with van der Waals surface area (Å²) in [6.45, 7) is 0. The van der Waals surface area contributed by atoms with Crippen LogP contribution in [0.3, 0.4) is 0 Å². The zero-order valence-electron chi connectivity index (χ0n) is 11.2. The highest BCUT2D eigenvalue weighted by molar-refractivity contribution is 5.81.